The lowest BCUT2D eigenvalue weighted by molar-refractivity contribution is 0.0174. The molecule has 1 unspecified atom stereocenters. The van der Waals surface area contributed by atoms with Crippen molar-refractivity contribution in [1.82, 2.24) is 25.0 Å². The molecule has 0 saturated carbocycles. The Labute approximate surface area is 142 Å². The van der Waals surface area contributed by atoms with E-state index in [1.807, 2.05) is 33.0 Å². The highest BCUT2D eigenvalue weighted by molar-refractivity contribution is 5.41. The second kappa shape index (κ2) is 6.47. The number of aryl methyl sites for hydroxylation is 2. The number of aliphatic hydroxyl groups is 1. The highest BCUT2D eigenvalue weighted by Gasteiger charge is 2.38. The number of aromatic nitrogens is 5. The number of hydrogen-bond acceptors (Lipinski definition) is 6. The van der Waals surface area contributed by atoms with Crippen LogP contribution in [0.5, 0.6) is 0 Å². The highest BCUT2D eigenvalue weighted by Crippen LogP contribution is 2.32. The minimum absolute atomic E-state index is 0.228. The summed E-state index contributed by atoms with van der Waals surface area (Å²) in [7, 11) is 0. The van der Waals surface area contributed by atoms with Gasteiger partial charge in [0.1, 0.15) is 22.9 Å². The Hall–Kier alpha value is -2.02. The van der Waals surface area contributed by atoms with Gasteiger partial charge in [0.2, 0.25) is 0 Å². The van der Waals surface area contributed by atoms with E-state index in [-0.39, 0.29) is 6.04 Å². The molecule has 7 nitrogen and oxygen atoms in total. The predicted molar refractivity (Wildman–Crippen MR) is 91.9 cm³/mol. The van der Waals surface area contributed by atoms with E-state index < -0.39 is 5.60 Å². The van der Waals surface area contributed by atoms with Crippen LogP contribution in [0, 0.1) is 6.92 Å². The van der Waals surface area contributed by atoms with Crippen molar-refractivity contribution in [1.29, 1.82) is 0 Å². The molecule has 2 aromatic rings. The van der Waals surface area contributed by atoms with E-state index in [1.165, 1.54) is 0 Å². The van der Waals surface area contributed by atoms with E-state index in [4.69, 9.17) is 0 Å². The van der Waals surface area contributed by atoms with E-state index in [1.54, 1.807) is 4.68 Å². The van der Waals surface area contributed by atoms with Gasteiger partial charge in [0.05, 0.1) is 12.7 Å². The summed E-state index contributed by atoms with van der Waals surface area (Å²) in [6.07, 6.45) is 4.23. The van der Waals surface area contributed by atoms with Crippen LogP contribution >= 0.6 is 0 Å². The molecule has 1 N–H and O–H groups in total. The van der Waals surface area contributed by atoms with Crippen LogP contribution in [0.3, 0.4) is 0 Å². The Morgan fingerprint density at radius 1 is 1.33 bits per heavy atom. The van der Waals surface area contributed by atoms with Crippen LogP contribution in [0.4, 0.5) is 5.82 Å². The van der Waals surface area contributed by atoms with Crippen molar-refractivity contribution >= 4 is 5.82 Å². The van der Waals surface area contributed by atoms with Gasteiger partial charge in [-0.1, -0.05) is 12.1 Å². The van der Waals surface area contributed by atoms with Gasteiger partial charge in [-0.15, -0.1) is 5.10 Å². The number of piperidine rings is 1. The minimum atomic E-state index is -0.989. The summed E-state index contributed by atoms with van der Waals surface area (Å²) in [5.41, 5.74) is 0.607. The molecule has 2 aromatic heterocycles. The van der Waals surface area contributed by atoms with Gasteiger partial charge in [-0.2, -0.15) is 0 Å². The van der Waals surface area contributed by atoms with E-state index >= 15 is 0 Å². The third kappa shape index (κ3) is 3.26. The van der Waals surface area contributed by atoms with Crippen LogP contribution in [-0.4, -0.2) is 43.2 Å². The molecule has 0 amide bonds. The Morgan fingerprint density at radius 3 is 2.79 bits per heavy atom. The molecule has 7 heteroatoms. The summed E-state index contributed by atoms with van der Waals surface area (Å²) in [6, 6.07) is 2.21. The van der Waals surface area contributed by atoms with Crippen molar-refractivity contribution in [2.75, 3.05) is 18.0 Å². The molecule has 0 bridgehead atoms. The first kappa shape index (κ1) is 16.8. The van der Waals surface area contributed by atoms with Gasteiger partial charge < -0.3 is 10.0 Å². The third-order valence-corrected chi connectivity index (χ3v) is 4.51. The second-order valence-electron chi connectivity index (χ2n) is 6.87. The number of rotatable bonds is 4. The number of anilines is 1. The fourth-order valence-corrected chi connectivity index (χ4v) is 3.12. The number of nitrogens with zero attached hydrogens (tertiary/aromatic N) is 6. The van der Waals surface area contributed by atoms with Gasteiger partial charge in [0.15, 0.2) is 0 Å². The second-order valence-corrected chi connectivity index (χ2v) is 6.87. The van der Waals surface area contributed by atoms with Gasteiger partial charge in [0.25, 0.3) is 0 Å². The molecule has 0 aliphatic carbocycles. The lowest BCUT2D eigenvalue weighted by atomic mass is 9.90. The molecule has 3 rings (SSSR count). The molecule has 1 saturated heterocycles. The van der Waals surface area contributed by atoms with Crippen LogP contribution in [0.15, 0.2) is 12.3 Å². The summed E-state index contributed by atoms with van der Waals surface area (Å²) in [4.78, 5) is 11.2. The summed E-state index contributed by atoms with van der Waals surface area (Å²) in [5, 5.41) is 19.5. The number of β-amino-alcohol motifs (C(OH)–C–C–N with tert-alkyl or cyclic N) is 1. The maximum absolute atomic E-state index is 11.2. The first-order valence-electron chi connectivity index (χ1n) is 8.65. The monoisotopic (exact) mass is 330 g/mol. The molecular formula is C17H26N6O. The fourth-order valence-electron chi connectivity index (χ4n) is 3.12. The van der Waals surface area contributed by atoms with Crippen LogP contribution in [0.25, 0.3) is 0 Å². The standard InChI is InChI=1S/C17H26N6O/c1-5-15-18-13(4)9-16(19-15)22-8-6-7-17(24,11-22)14-10-23(12(2)3)21-20-14/h9-10,12,24H,5-8,11H2,1-4H3. The molecule has 24 heavy (non-hydrogen) atoms. The van der Waals surface area contributed by atoms with Gasteiger partial charge >= 0.3 is 0 Å². The Balaban J connectivity index is 1.86. The van der Waals surface area contributed by atoms with Crippen molar-refractivity contribution in [2.24, 2.45) is 0 Å². The lowest BCUT2D eigenvalue weighted by Crippen LogP contribution is -2.47. The van der Waals surface area contributed by atoms with E-state index in [9.17, 15) is 5.11 Å². The SMILES string of the molecule is CCc1nc(C)cc(N2CCCC(O)(c3cn(C(C)C)nn3)C2)n1. The molecule has 1 aliphatic heterocycles. The summed E-state index contributed by atoms with van der Waals surface area (Å²) < 4.78 is 1.79. The molecule has 1 atom stereocenters. The zero-order chi connectivity index (χ0) is 17.3. The zero-order valence-electron chi connectivity index (χ0n) is 14.9. The van der Waals surface area contributed by atoms with E-state index in [0.29, 0.717) is 18.7 Å². The van der Waals surface area contributed by atoms with Crippen molar-refractivity contribution in [3.63, 3.8) is 0 Å². The maximum Gasteiger partial charge on any atom is 0.132 e. The molecule has 130 valence electrons. The Kier molecular flexibility index (Phi) is 4.54. The molecule has 1 fully saturated rings. The van der Waals surface area contributed by atoms with E-state index in [2.05, 4.69) is 32.1 Å². The zero-order valence-corrected chi connectivity index (χ0v) is 14.9. The number of hydrogen-bond donors (Lipinski definition) is 1. The normalized spacial score (nSPS) is 21.5. The Morgan fingerprint density at radius 2 is 2.12 bits per heavy atom. The van der Waals surface area contributed by atoms with E-state index in [0.717, 1.165) is 36.7 Å². The first-order chi connectivity index (χ1) is 11.4. The summed E-state index contributed by atoms with van der Waals surface area (Å²) >= 11 is 0. The largest absolute Gasteiger partial charge is 0.382 e. The van der Waals surface area contributed by atoms with Crippen LogP contribution in [0.2, 0.25) is 0 Å². The summed E-state index contributed by atoms with van der Waals surface area (Å²) in [5.74, 6) is 1.72. The van der Waals surface area contributed by atoms with Gasteiger partial charge in [-0.05, 0) is 33.6 Å². The Bertz CT molecular complexity index is 713. The quantitative estimate of drug-likeness (QED) is 0.924. The molecule has 0 radical (unpaired) electrons. The molecule has 0 aromatic carbocycles. The molecule has 0 spiro atoms. The van der Waals surface area contributed by atoms with Crippen molar-refractivity contribution < 1.29 is 5.11 Å². The van der Waals surface area contributed by atoms with Crippen LogP contribution < -0.4 is 4.90 Å². The molecular weight excluding hydrogens is 304 g/mol. The average Bonchev–Trinajstić information content (AvgIpc) is 3.05. The van der Waals surface area contributed by atoms with Crippen molar-refractivity contribution in [3.8, 4) is 0 Å². The van der Waals surface area contributed by atoms with Crippen LogP contribution in [-0.2, 0) is 12.0 Å². The third-order valence-electron chi connectivity index (χ3n) is 4.51. The van der Waals surface area contributed by atoms with Crippen molar-refractivity contribution in [3.05, 3.63) is 29.5 Å². The molecule has 1 aliphatic rings. The van der Waals surface area contributed by atoms with Gasteiger partial charge in [-0.25, -0.2) is 14.6 Å². The van der Waals surface area contributed by atoms with Crippen LogP contribution in [0.1, 0.15) is 56.9 Å². The van der Waals surface area contributed by atoms with Gasteiger partial charge in [-0.3, -0.25) is 0 Å². The topological polar surface area (TPSA) is 80.0 Å². The first-order valence-corrected chi connectivity index (χ1v) is 8.65. The average molecular weight is 330 g/mol. The van der Waals surface area contributed by atoms with Gasteiger partial charge in [0, 0.05) is 30.8 Å². The molecule has 3 heterocycles. The smallest absolute Gasteiger partial charge is 0.132 e. The highest BCUT2D eigenvalue weighted by atomic mass is 16.3. The lowest BCUT2D eigenvalue weighted by Gasteiger charge is -2.38. The maximum atomic E-state index is 11.2. The minimum Gasteiger partial charge on any atom is -0.382 e. The fraction of sp³-hybridized carbons (Fsp3) is 0.647. The summed E-state index contributed by atoms with van der Waals surface area (Å²) in [6.45, 7) is 9.48. The van der Waals surface area contributed by atoms with Crippen molar-refractivity contribution in [2.45, 2.75) is 58.6 Å². The predicted octanol–water partition coefficient (Wildman–Crippen LogP) is 2.01.